The number of benzene rings is 1. The zero-order valence-corrected chi connectivity index (χ0v) is 15.1. The number of nitrogens with zero attached hydrogens (tertiary/aromatic N) is 3. The number of aliphatic hydroxyl groups excluding tert-OH is 1. The van der Waals surface area contributed by atoms with Crippen LogP contribution in [0.25, 0.3) is 21.9 Å². The fourth-order valence-electron chi connectivity index (χ4n) is 3.69. The second-order valence-corrected chi connectivity index (χ2v) is 6.51. The number of methoxy groups -OCH3 is 2. The highest BCUT2D eigenvalue weighted by atomic mass is 16.5. The fourth-order valence-corrected chi connectivity index (χ4v) is 3.69. The smallest absolute Gasteiger partial charge is 0.162 e. The van der Waals surface area contributed by atoms with E-state index in [0.29, 0.717) is 11.5 Å². The molecule has 8 heteroatoms. The molecule has 0 saturated carbocycles. The Morgan fingerprint density at radius 2 is 1.88 bits per heavy atom. The number of quaternary nitrogens is 1. The molecule has 1 aliphatic heterocycles. The predicted octanol–water partition coefficient (Wildman–Crippen LogP) is -0.174. The second-order valence-electron chi connectivity index (χ2n) is 6.51. The highest BCUT2D eigenvalue weighted by Crippen LogP contribution is 2.36. The van der Waals surface area contributed by atoms with Crippen LogP contribution in [0.3, 0.4) is 0 Å². The summed E-state index contributed by atoms with van der Waals surface area (Å²) in [4.78, 5) is 16.2. The molecule has 0 radical (unpaired) electrons. The molecule has 0 spiro atoms. The van der Waals surface area contributed by atoms with Gasteiger partial charge in [0.25, 0.3) is 0 Å². The van der Waals surface area contributed by atoms with Crippen molar-refractivity contribution >= 4 is 27.8 Å². The quantitative estimate of drug-likeness (QED) is 0.587. The zero-order chi connectivity index (χ0) is 18.1. The van der Waals surface area contributed by atoms with Crippen LogP contribution in [0.15, 0.2) is 18.5 Å². The van der Waals surface area contributed by atoms with Gasteiger partial charge in [0.05, 0.1) is 52.5 Å². The first-order valence-corrected chi connectivity index (χ1v) is 8.83. The summed E-state index contributed by atoms with van der Waals surface area (Å²) in [6, 6.07) is 3.88. The maximum absolute atomic E-state index is 9.13. The molecule has 0 unspecified atom stereocenters. The Morgan fingerprint density at radius 1 is 1.15 bits per heavy atom. The maximum Gasteiger partial charge on any atom is 0.162 e. The maximum atomic E-state index is 9.13. The summed E-state index contributed by atoms with van der Waals surface area (Å²) in [7, 11) is 3.26. The van der Waals surface area contributed by atoms with Crippen molar-refractivity contribution < 1.29 is 19.5 Å². The zero-order valence-electron chi connectivity index (χ0n) is 15.1. The van der Waals surface area contributed by atoms with E-state index in [1.807, 2.05) is 12.1 Å². The first kappa shape index (κ1) is 16.9. The van der Waals surface area contributed by atoms with Gasteiger partial charge in [-0.1, -0.05) is 0 Å². The summed E-state index contributed by atoms with van der Waals surface area (Å²) in [5, 5.41) is 10.1. The average Bonchev–Trinajstić information content (AvgIpc) is 3.05. The number of aromatic nitrogens is 3. The van der Waals surface area contributed by atoms with Gasteiger partial charge in [-0.3, -0.25) is 0 Å². The average molecular weight is 358 g/mol. The molecule has 1 fully saturated rings. The molecule has 1 aromatic carbocycles. The van der Waals surface area contributed by atoms with Crippen LogP contribution in [0.4, 0.5) is 5.82 Å². The van der Waals surface area contributed by atoms with Crippen LogP contribution in [-0.2, 0) is 0 Å². The minimum absolute atomic E-state index is 0.235. The summed E-state index contributed by atoms with van der Waals surface area (Å²) >= 11 is 0. The van der Waals surface area contributed by atoms with E-state index < -0.39 is 0 Å². The molecule has 138 valence electrons. The number of anilines is 1. The topological polar surface area (TPSA) is 87.9 Å². The lowest BCUT2D eigenvalue weighted by atomic mass is 10.2. The lowest BCUT2D eigenvalue weighted by Gasteiger charge is -2.32. The van der Waals surface area contributed by atoms with Crippen molar-refractivity contribution in [1.29, 1.82) is 0 Å². The monoisotopic (exact) mass is 358 g/mol. The van der Waals surface area contributed by atoms with Gasteiger partial charge in [-0.2, -0.15) is 0 Å². The van der Waals surface area contributed by atoms with Gasteiger partial charge in [-0.15, -0.1) is 0 Å². The predicted molar refractivity (Wildman–Crippen MR) is 99.4 cm³/mol. The summed E-state index contributed by atoms with van der Waals surface area (Å²) in [6.07, 6.45) is 1.62. The molecule has 4 rings (SSSR count). The molecule has 0 amide bonds. The standard InChI is InChI=1S/C18H23N5O3/c1-25-14-9-12-13(10-15(14)26-2)21-17-16(12)19-11-20-18(17)23-5-3-22(4-6-23)7-8-24/h9-11,21,24H,3-8H2,1-2H3/p+1. The number of ether oxygens (including phenoxy) is 2. The third-order valence-electron chi connectivity index (χ3n) is 5.10. The lowest BCUT2D eigenvalue weighted by Crippen LogP contribution is -3.15. The van der Waals surface area contributed by atoms with Crippen LogP contribution in [0, 0.1) is 0 Å². The van der Waals surface area contributed by atoms with Crippen molar-refractivity contribution in [3.63, 3.8) is 0 Å². The number of hydrogen-bond acceptors (Lipinski definition) is 6. The fraction of sp³-hybridized carbons (Fsp3) is 0.444. The molecule has 26 heavy (non-hydrogen) atoms. The first-order valence-electron chi connectivity index (χ1n) is 8.83. The number of fused-ring (bicyclic) bond motifs is 3. The Bertz CT molecular complexity index is 918. The van der Waals surface area contributed by atoms with Gasteiger partial charge in [0.2, 0.25) is 0 Å². The molecule has 2 aromatic heterocycles. The van der Waals surface area contributed by atoms with Crippen molar-refractivity contribution in [2.45, 2.75) is 0 Å². The Balaban J connectivity index is 1.75. The number of aromatic amines is 1. The van der Waals surface area contributed by atoms with E-state index in [2.05, 4.69) is 19.9 Å². The van der Waals surface area contributed by atoms with Gasteiger partial charge in [0, 0.05) is 11.5 Å². The Hall–Kier alpha value is -2.58. The van der Waals surface area contributed by atoms with Gasteiger partial charge in [0.15, 0.2) is 17.3 Å². The first-order chi connectivity index (χ1) is 12.7. The SMILES string of the molecule is COc1cc2[nH]c3c(N4CC[NH+](CCO)CC4)ncnc3c2cc1OC. The number of rotatable bonds is 5. The molecule has 0 bridgehead atoms. The summed E-state index contributed by atoms with van der Waals surface area (Å²) in [5.41, 5.74) is 2.77. The van der Waals surface area contributed by atoms with Gasteiger partial charge in [0.1, 0.15) is 23.9 Å². The van der Waals surface area contributed by atoms with Crippen LogP contribution in [-0.4, -0.2) is 73.6 Å². The third-order valence-corrected chi connectivity index (χ3v) is 5.10. The number of nitrogens with one attached hydrogen (secondary N) is 2. The lowest BCUT2D eigenvalue weighted by molar-refractivity contribution is -0.900. The van der Waals surface area contributed by atoms with E-state index >= 15 is 0 Å². The molecule has 3 N–H and O–H groups in total. The Labute approximate surface area is 151 Å². The summed E-state index contributed by atoms with van der Waals surface area (Å²) < 4.78 is 10.8. The van der Waals surface area contributed by atoms with E-state index in [1.165, 1.54) is 4.90 Å². The van der Waals surface area contributed by atoms with Crippen molar-refractivity contribution in [2.24, 2.45) is 0 Å². The highest BCUT2D eigenvalue weighted by Gasteiger charge is 2.23. The van der Waals surface area contributed by atoms with Crippen LogP contribution < -0.4 is 19.3 Å². The molecule has 1 saturated heterocycles. The molecule has 3 aromatic rings. The van der Waals surface area contributed by atoms with Gasteiger partial charge < -0.3 is 29.4 Å². The number of piperazine rings is 1. The van der Waals surface area contributed by atoms with E-state index in [9.17, 15) is 0 Å². The van der Waals surface area contributed by atoms with Gasteiger partial charge in [-0.05, 0) is 6.07 Å². The minimum Gasteiger partial charge on any atom is -0.493 e. The largest absolute Gasteiger partial charge is 0.493 e. The number of hydrogen-bond donors (Lipinski definition) is 3. The number of H-pyrrole nitrogens is 1. The molecule has 8 nitrogen and oxygen atoms in total. The molecular formula is C18H24N5O3+. The van der Waals surface area contributed by atoms with Gasteiger partial charge >= 0.3 is 0 Å². The third kappa shape index (κ3) is 2.81. The normalized spacial score (nSPS) is 15.7. The minimum atomic E-state index is 0.235. The molecule has 3 heterocycles. The van der Waals surface area contributed by atoms with Crippen LogP contribution >= 0.6 is 0 Å². The van der Waals surface area contributed by atoms with Crippen molar-refractivity contribution in [3.8, 4) is 11.5 Å². The van der Waals surface area contributed by atoms with Crippen LogP contribution in [0.1, 0.15) is 0 Å². The van der Waals surface area contributed by atoms with E-state index in [4.69, 9.17) is 14.6 Å². The molecule has 1 aliphatic rings. The van der Waals surface area contributed by atoms with E-state index in [-0.39, 0.29) is 6.61 Å². The van der Waals surface area contributed by atoms with Crippen LogP contribution in [0.5, 0.6) is 11.5 Å². The number of aliphatic hydroxyl groups is 1. The van der Waals surface area contributed by atoms with Crippen molar-refractivity contribution in [3.05, 3.63) is 18.5 Å². The summed E-state index contributed by atoms with van der Waals surface area (Å²) in [5.74, 6) is 2.29. The van der Waals surface area contributed by atoms with Crippen molar-refractivity contribution in [2.75, 3.05) is 58.5 Å². The Kier molecular flexibility index (Phi) is 4.52. The Morgan fingerprint density at radius 3 is 2.58 bits per heavy atom. The van der Waals surface area contributed by atoms with Crippen LogP contribution in [0.2, 0.25) is 0 Å². The summed E-state index contributed by atoms with van der Waals surface area (Å²) in [6.45, 7) is 4.84. The van der Waals surface area contributed by atoms with Gasteiger partial charge in [-0.25, -0.2) is 9.97 Å². The second kappa shape index (κ2) is 6.97. The van der Waals surface area contributed by atoms with E-state index in [1.54, 1.807) is 20.5 Å². The highest BCUT2D eigenvalue weighted by molar-refractivity contribution is 6.09. The van der Waals surface area contributed by atoms with E-state index in [0.717, 1.165) is 60.5 Å². The molecule has 0 aliphatic carbocycles. The molecule has 0 atom stereocenters. The van der Waals surface area contributed by atoms with Crippen molar-refractivity contribution in [1.82, 2.24) is 15.0 Å². The molecular weight excluding hydrogens is 334 g/mol.